The van der Waals surface area contributed by atoms with E-state index in [-0.39, 0.29) is 11.6 Å². The third-order valence-corrected chi connectivity index (χ3v) is 3.32. The van der Waals surface area contributed by atoms with Gasteiger partial charge in [-0.05, 0) is 35.9 Å². The van der Waals surface area contributed by atoms with E-state index in [4.69, 9.17) is 21.8 Å². The predicted octanol–water partition coefficient (Wildman–Crippen LogP) is 3.02. The Kier molecular flexibility index (Phi) is 2.99. The fourth-order valence-corrected chi connectivity index (χ4v) is 2.17. The molecule has 2 aromatic carbocycles. The second-order valence-electron chi connectivity index (χ2n) is 4.43. The first-order valence-electron chi connectivity index (χ1n) is 5.87. The van der Waals surface area contributed by atoms with Gasteiger partial charge in [-0.25, -0.2) is 9.18 Å². The molecule has 20 heavy (non-hydrogen) atoms. The number of halogens is 2. The van der Waals surface area contributed by atoms with Crippen molar-refractivity contribution >= 4 is 28.4 Å². The number of fused-ring (bicyclic) bond motifs is 1. The van der Waals surface area contributed by atoms with Gasteiger partial charge in [0.05, 0.1) is 17.1 Å². The van der Waals surface area contributed by atoms with Crippen LogP contribution in [0.4, 0.5) is 10.1 Å². The third-order valence-electron chi connectivity index (χ3n) is 3.02. The van der Waals surface area contributed by atoms with E-state index in [0.29, 0.717) is 22.4 Å². The molecule has 3 rings (SSSR count). The van der Waals surface area contributed by atoms with E-state index in [1.807, 2.05) is 0 Å². The van der Waals surface area contributed by atoms with E-state index in [2.05, 4.69) is 0 Å². The van der Waals surface area contributed by atoms with Gasteiger partial charge < -0.3 is 10.2 Å². The zero-order valence-corrected chi connectivity index (χ0v) is 11.0. The molecular formula is C14H10ClFN2O2. The Morgan fingerprint density at radius 3 is 2.80 bits per heavy atom. The predicted molar refractivity (Wildman–Crippen MR) is 75.4 cm³/mol. The van der Waals surface area contributed by atoms with Crippen LogP contribution in [0.3, 0.4) is 0 Å². The Balaban J connectivity index is 2.10. The highest BCUT2D eigenvalue weighted by atomic mass is 35.5. The highest BCUT2D eigenvalue weighted by molar-refractivity contribution is 6.30. The van der Waals surface area contributed by atoms with Crippen molar-refractivity contribution in [1.29, 1.82) is 0 Å². The van der Waals surface area contributed by atoms with Crippen molar-refractivity contribution in [1.82, 2.24) is 4.57 Å². The van der Waals surface area contributed by atoms with E-state index in [9.17, 15) is 9.18 Å². The molecule has 0 fully saturated rings. The number of hydrogen-bond donors (Lipinski definition) is 1. The molecule has 0 unspecified atom stereocenters. The van der Waals surface area contributed by atoms with Gasteiger partial charge in [0.15, 0.2) is 5.58 Å². The van der Waals surface area contributed by atoms with Gasteiger partial charge in [-0.1, -0.05) is 17.7 Å². The summed E-state index contributed by atoms with van der Waals surface area (Å²) >= 11 is 5.63. The summed E-state index contributed by atoms with van der Waals surface area (Å²) in [5.41, 5.74) is 7.86. The Morgan fingerprint density at radius 2 is 2.05 bits per heavy atom. The quantitative estimate of drug-likeness (QED) is 0.739. The highest BCUT2D eigenvalue weighted by Crippen LogP contribution is 2.19. The summed E-state index contributed by atoms with van der Waals surface area (Å²) in [6.07, 6.45) is 0. The van der Waals surface area contributed by atoms with Crippen molar-refractivity contribution in [3.63, 3.8) is 0 Å². The molecule has 3 aromatic rings. The summed E-state index contributed by atoms with van der Waals surface area (Å²) in [6, 6.07) is 9.33. The first-order chi connectivity index (χ1) is 9.54. The monoisotopic (exact) mass is 292 g/mol. The van der Waals surface area contributed by atoms with Gasteiger partial charge in [0.25, 0.3) is 0 Å². The summed E-state index contributed by atoms with van der Waals surface area (Å²) in [5, 5.41) is 0.0439. The molecule has 0 aliphatic heterocycles. The van der Waals surface area contributed by atoms with Crippen LogP contribution in [-0.4, -0.2) is 4.57 Å². The molecule has 2 N–H and O–H groups in total. The van der Waals surface area contributed by atoms with Crippen molar-refractivity contribution in [2.24, 2.45) is 0 Å². The number of oxazole rings is 1. The van der Waals surface area contributed by atoms with E-state index in [0.717, 1.165) is 0 Å². The molecule has 0 spiro atoms. The number of nitrogens with two attached hydrogens (primary N) is 1. The van der Waals surface area contributed by atoms with Gasteiger partial charge in [0.1, 0.15) is 5.82 Å². The number of aromatic nitrogens is 1. The molecule has 0 saturated carbocycles. The SMILES string of the molecule is Nc1ccc2oc(=O)n(Cc3ccc(Cl)c(F)c3)c2c1. The summed E-state index contributed by atoms with van der Waals surface area (Å²) in [5.74, 6) is -1.04. The molecule has 0 aliphatic carbocycles. The fourth-order valence-electron chi connectivity index (χ4n) is 2.05. The van der Waals surface area contributed by atoms with E-state index in [1.54, 1.807) is 24.3 Å². The summed E-state index contributed by atoms with van der Waals surface area (Å²) < 4.78 is 19.9. The molecule has 0 atom stereocenters. The number of nitrogen functional groups attached to an aromatic ring is 1. The number of nitrogens with zero attached hydrogens (tertiary/aromatic N) is 1. The fraction of sp³-hybridized carbons (Fsp3) is 0.0714. The molecule has 1 aromatic heterocycles. The van der Waals surface area contributed by atoms with Gasteiger partial charge in [0.2, 0.25) is 0 Å². The number of hydrogen-bond acceptors (Lipinski definition) is 3. The lowest BCUT2D eigenvalue weighted by atomic mass is 10.2. The van der Waals surface area contributed by atoms with E-state index < -0.39 is 11.6 Å². The van der Waals surface area contributed by atoms with E-state index >= 15 is 0 Å². The first-order valence-corrected chi connectivity index (χ1v) is 6.25. The smallest absolute Gasteiger partial charge is 0.408 e. The molecule has 0 saturated heterocycles. The zero-order valence-electron chi connectivity index (χ0n) is 10.3. The van der Waals surface area contributed by atoms with Gasteiger partial charge in [-0.15, -0.1) is 0 Å². The second kappa shape index (κ2) is 4.68. The van der Waals surface area contributed by atoms with Crippen LogP contribution in [0, 0.1) is 5.82 Å². The Labute approximate surface area is 118 Å². The van der Waals surface area contributed by atoms with Crippen LogP contribution in [0.15, 0.2) is 45.6 Å². The lowest BCUT2D eigenvalue weighted by molar-refractivity contribution is 0.517. The lowest BCUT2D eigenvalue weighted by Gasteiger charge is -2.04. The minimum atomic E-state index is -0.524. The van der Waals surface area contributed by atoms with Crippen molar-refractivity contribution in [2.75, 3.05) is 5.73 Å². The van der Waals surface area contributed by atoms with Crippen molar-refractivity contribution in [2.45, 2.75) is 6.54 Å². The van der Waals surface area contributed by atoms with Crippen molar-refractivity contribution in [3.8, 4) is 0 Å². The van der Waals surface area contributed by atoms with Crippen LogP contribution >= 0.6 is 11.6 Å². The van der Waals surface area contributed by atoms with Crippen molar-refractivity contribution < 1.29 is 8.81 Å². The number of rotatable bonds is 2. The van der Waals surface area contributed by atoms with Crippen LogP contribution < -0.4 is 11.5 Å². The Bertz CT molecular complexity index is 854. The van der Waals surface area contributed by atoms with Crippen LogP contribution in [0.2, 0.25) is 5.02 Å². The second-order valence-corrected chi connectivity index (χ2v) is 4.84. The summed E-state index contributed by atoms with van der Waals surface area (Å²) in [6.45, 7) is 0.184. The van der Waals surface area contributed by atoms with Crippen molar-refractivity contribution in [3.05, 3.63) is 63.4 Å². The Hall–Kier alpha value is -2.27. The average Bonchev–Trinajstić information content (AvgIpc) is 2.70. The molecular weight excluding hydrogens is 283 g/mol. The molecule has 0 radical (unpaired) electrons. The Morgan fingerprint density at radius 1 is 1.25 bits per heavy atom. The van der Waals surface area contributed by atoms with Gasteiger partial charge in [-0.3, -0.25) is 4.57 Å². The molecule has 6 heteroatoms. The normalized spacial score (nSPS) is 11.1. The van der Waals surface area contributed by atoms with Gasteiger partial charge >= 0.3 is 5.76 Å². The lowest BCUT2D eigenvalue weighted by Crippen LogP contribution is -2.15. The maximum Gasteiger partial charge on any atom is 0.420 e. The summed E-state index contributed by atoms with van der Waals surface area (Å²) in [7, 11) is 0. The van der Waals surface area contributed by atoms with Gasteiger partial charge in [-0.2, -0.15) is 0 Å². The van der Waals surface area contributed by atoms with Crippen LogP contribution in [0.5, 0.6) is 0 Å². The first kappa shape index (κ1) is 12.7. The van der Waals surface area contributed by atoms with Crippen LogP contribution in [0.25, 0.3) is 11.1 Å². The molecule has 0 aliphatic rings. The molecule has 0 bridgehead atoms. The largest absolute Gasteiger partial charge is 0.420 e. The average molecular weight is 293 g/mol. The van der Waals surface area contributed by atoms with E-state index in [1.165, 1.54) is 16.7 Å². The molecule has 0 amide bonds. The highest BCUT2D eigenvalue weighted by Gasteiger charge is 2.11. The van der Waals surface area contributed by atoms with Gasteiger partial charge in [0, 0.05) is 5.69 Å². The maximum atomic E-state index is 13.4. The van der Waals surface area contributed by atoms with Crippen LogP contribution in [-0.2, 0) is 6.54 Å². The third kappa shape index (κ3) is 2.16. The molecule has 1 heterocycles. The maximum absolute atomic E-state index is 13.4. The topological polar surface area (TPSA) is 61.2 Å². The molecule has 4 nitrogen and oxygen atoms in total. The minimum absolute atomic E-state index is 0.0439. The minimum Gasteiger partial charge on any atom is -0.408 e. The standard InChI is InChI=1S/C14H10ClFN2O2/c15-10-3-1-8(5-11(10)16)7-18-12-6-9(17)2-4-13(12)20-14(18)19/h1-6H,7,17H2. The number of benzene rings is 2. The molecule has 102 valence electrons. The van der Waals surface area contributed by atoms with Crippen LogP contribution in [0.1, 0.15) is 5.56 Å². The zero-order chi connectivity index (χ0) is 14.3. The summed E-state index contributed by atoms with van der Waals surface area (Å²) in [4.78, 5) is 11.8. The number of anilines is 1.